The van der Waals surface area contributed by atoms with Crippen LogP contribution < -0.4 is 16.5 Å². The smallest absolute Gasteiger partial charge is 0.465 e. The number of ether oxygens (including phenoxy) is 2. The number of halogens is 1. The van der Waals surface area contributed by atoms with Crippen LogP contribution in [0.1, 0.15) is 60.9 Å². The number of amides is 1. The monoisotopic (exact) mass is 513 g/mol. The van der Waals surface area contributed by atoms with Crippen molar-refractivity contribution in [1.82, 2.24) is 9.78 Å². The summed E-state index contributed by atoms with van der Waals surface area (Å²) < 4.78 is 39.2. The number of primary amides is 1. The van der Waals surface area contributed by atoms with Crippen LogP contribution >= 0.6 is 0 Å². The van der Waals surface area contributed by atoms with Crippen molar-refractivity contribution in [2.45, 2.75) is 51.4 Å². The normalized spacial score (nSPS) is 22.4. The predicted octanol–water partition coefficient (Wildman–Crippen LogP) is 2.05. The van der Waals surface area contributed by atoms with Crippen LogP contribution in [0.15, 0.2) is 18.3 Å². The molecule has 2 aromatic rings. The second-order valence-corrected chi connectivity index (χ2v) is 10.0. The van der Waals surface area contributed by atoms with E-state index in [2.05, 4.69) is 16.5 Å². The SMILES string of the molecule is COC(=O)c1c(F)cc(Nc2nn(C3COCC[C@@H]3C#N)cc2C(N)=O)cc1B1OC(C)(C)C(C)(C)O1. The Balaban J connectivity index is 1.75. The van der Waals surface area contributed by atoms with Gasteiger partial charge < -0.3 is 29.8 Å². The van der Waals surface area contributed by atoms with E-state index in [9.17, 15) is 14.9 Å². The lowest BCUT2D eigenvalue weighted by molar-refractivity contribution is 0.00578. The quantitative estimate of drug-likeness (QED) is 0.437. The summed E-state index contributed by atoms with van der Waals surface area (Å²) in [5.41, 5.74) is 4.06. The van der Waals surface area contributed by atoms with Gasteiger partial charge in [0.2, 0.25) is 0 Å². The summed E-state index contributed by atoms with van der Waals surface area (Å²) in [6.07, 6.45) is 1.95. The van der Waals surface area contributed by atoms with Crippen LogP contribution in [0.3, 0.4) is 0 Å². The molecular weight excluding hydrogens is 484 g/mol. The number of nitrogens with zero attached hydrogens (tertiary/aromatic N) is 3. The number of rotatable bonds is 6. The summed E-state index contributed by atoms with van der Waals surface area (Å²) in [4.78, 5) is 24.7. The molecule has 13 heteroatoms. The third-order valence-corrected chi connectivity index (χ3v) is 7.11. The van der Waals surface area contributed by atoms with Crippen molar-refractivity contribution in [2.24, 2.45) is 11.7 Å². The Morgan fingerprint density at radius 1 is 1.30 bits per heavy atom. The molecule has 2 aliphatic rings. The van der Waals surface area contributed by atoms with Crippen molar-refractivity contribution in [3.05, 3.63) is 35.3 Å². The molecule has 0 saturated carbocycles. The third-order valence-electron chi connectivity index (χ3n) is 7.11. The molecule has 1 aromatic heterocycles. The molecule has 11 nitrogen and oxygen atoms in total. The van der Waals surface area contributed by atoms with Crippen LogP contribution in [0.2, 0.25) is 0 Å². The molecule has 2 aliphatic heterocycles. The van der Waals surface area contributed by atoms with Crippen molar-refractivity contribution in [3.63, 3.8) is 0 Å². The summed E-state index contributed by atoms with van der Waals surface area (Å²) in [6.45, 7) is 8.03. The first-order valence-electron chi connectivity index (χ1n) is 11.8. The van der Waals surface area contributed by atoms with Crippen LogP contribution in [0.5, 0.6) is 0 Å². The molecule has 0 bridgehead atoms. The molecule has 1 unspecified atom stereocenters. The van der Waals surface area contributed by atoms with E-state index in [-0.39, 0.29) is 40.6 Å². The molecule has 37 heavy (non-hydrogen) atoms. The molecular formula is C24H29BFN5O6. The second kappa shape index (κ2) is 9.77. The van der Waals surface area contributed by atoms with Gasteiger partial charge in [-0.2, -0.15) is 10.4 Å². The van der Waals surface area contributed by atoms with E-state index in [0.29, 0.717) is 13.0 Å². The largest absolute Gasteiger partial charge is 0.495 e. The van der Waals surface area contributed by atoms with Crippen molar-refractivity contribution in [2.75, 3.05) is 25.6 Å². The van der Waals surface area contributed by atoms with Gasteiger partial charge in [-0.3, -0.25) is 9.48 Å². The van der Waals surface area contributed by atoms with E-state index in [0.717, 1.165) is 13.2 Å². The Labute approximate surface area is 214 Å². The van der Waals surface area contributed by atoms with E-state index in [1.54, 1.807) is 0 Å². The molecule has 3 N–H and O–H groups in total. The highest BCUT2D eigenvalue weighted by Gasteiger charge is 2.53. The number of benzene rings is 1. The average molecular weight is 513 g/mol. The van der Waals surface area contributed by atoms with Crippen LogP contribution in [0, 0.1) is 23.1 Å². The number of nitrogens with one attached hydrogen (secondary N) is 1. The van der Waals surface area contributed by atoms with Gasteiger partial charge in [0.1, 0.15) is 11.4 Å². The predicted molar refractivity (Wildman–Crippen MR) is 131 cm³/mol. The first kappa shape index (κ1) is 26.6. The molecule has 0 spiro atoms. The summed E-state index contributed by atoms with van der Waals surface area (Å²) >= 11 is 0. The minimum Gasteiger partial charge on any atom is -0.465 e. The molecule has 1 amide bonds. The summed E-state index contributed by atoms with van der Waals surface area (Å²) in [5, 5.41) is 16.9. The van der Waals surface area contributed by atoms with Crippen molar-refractivity contribution < 1.29 is 32.8 Å². The van der Waals surface area contributed by atoms with Gasteiger partial charge in [-0.05, 0) is 46.2 Å². The number of carbonyl (C=O) groups is 2. The van der Waals surface area contributed by atoms with Gasteiger partial charge in [-0.1, -0.05) is 0 Å². The zero-order chi connectivity index (χ0) is 27.1. The Morgan fingerprint density at radius 2 is 1.97 bits per heavy atom. The number of esters is 1. The second-order valence-electron chi connectivity index (χ2n) is 10.0. The van der Waals surface area contributed by atoms with Crippen LogP contribution in [0.4, 0.5) is 15.9 Å². The summed E-state index contributed by atoms with van der Waals surface area (Å²) in [6, 6.07) is 4.37. The maximum absolute atomic E-state index is 15.3. The molecule has 4 rings (SSSR count). The highest BCUT2D eigenvalue weighted by atomic mass is 19.1. The molecule has 2 fully saturated rings. The Morgan fingerprint density at radius 3 is 2.57 bits per heavy atom. The zero-order valence-corrected chi connectivity index (χ0v) is 21.3. The van der Waals surface area contributed by atoms with Gasteiger partial charge in [0.05, 0.1) is 48.5 Å². The zero-order valence-electron chi connectivity index (χ0n) is 21.3. The lowest BCUT2D eigenvalue weighted by Gasteiger charge is -2.32. The van der Waals surface area contributed by atoms with E-state index in [1.165, 1.54) is 16.9 Å². The minimum atomic E-state index is -1.07. The number of aromatic nitrogens is 2. The fraction of sp³-hybridized carbons (Fsp3) is 0.500. The maximum atomic E-state index is 15.3. The standard InChI is InChI=1S/C24H29BFN5O6/c1-23(2)24(3,4)37-25(36-23)16-8-14(9-17(26)19(16)22(33)34-5)29-21-15(20(28)32)11-31(30-21)18-12-35-7-6-13(18)10-27/h8-9,11,13,18H,6-7,12H2,1-5H3,(H2,28,32)(H,29,30)/t13-,18?/m1/s1. The highest BCUT2D eigenvalue weighted by molar-refractivity contribution is 6.63. The Hall–Kier alpha value is -3.47. The van der Waals surface area contributed by atoms with Crippen LogP contribution in [0.25, 0.3) is 0 Å². The minimum absolute atomic E-state index is 0.0388. The Kier molecular flexibility index (Phi) is 7.03. The lowest BCUT2D eigenvalue weighted by atomic mass is 9.75. The molecule has 1 aromatic carbocycles. The fourth-order valence-electron chi connectivity index (χ4n) is 4.28. The maximum Gasteiger partial charge on any atom is 0.495 e. The number of hydrogen-bond acceptors (Lipinski definition) is 9. The lowest BCUT2D eigenvalue weighted by Crippen LogP contribution is -2.41. The third kappa shape index (κ3) is 4.92. The average Bonchev–Trinajstić information content (AvgIpc) is 3.35. The van der Waals surface area contributed by atoms with Crippen molar-refractivity contribution >= 4 is 36.0 Å². The highest BCUT2D eigenvalue weighted by Crippen LogP contribution is 2.37. The number of carbonyl (C=O) groups excluding carboxylic acids is 2. The van der Waals surface area contributed by atoms with E-state index < -0.39 is 42.1 Å². The van der Waals surface area contributed by atoms with Crippen LogP contribution in [-0.2, 0) is 18.8 Å². The topological polar surface area (TPSA) is 151 Å². The molecule has 0 aliphatic carbocycles. The van der Waals surface area contributed by atoms with Crippen LogP contribution in [-0.4, -0.2) is 60.3 Å². The number of anilines is 2. The first-order chi connectivity index (χ1) is 17.4. The molecule has 0 radical (unpaired) electrons. The molecule has 2 saturated heterocycles. The van der Waals surface area contributed by atoms with Gasteiger partial charge in [0.15, 0.2) is 5.82 Å². The first-order valence-corrected chi connectivity index (χ1v) is 11.8. The fourth-order valence-corrected chi connectivity index (χ4v) is 4.28. The number of hydrogen-bond donors (Lipinski definition) is 2. The molecule has 196 valence electrons. The van der Waals surface area contributed by atoms with E-state index >= 15 is 4.39 Å². The van der Waals surface area contributed by atoms with Gasteiger partial charge in [0.25, 0.3) is 5.91 Å². The number of methoxy groups -OCH3 is 1. The van der Waals surface area contributed by atoms with Gasteiger partial charge >= 0.3 is 13.1 Å². The van der Waals surface area contributed by atoms with Crippen molar-refractivity contribution in [3.8, 4) is 6.07 Å². The molecule has 3 heterocycles. The summed E-state index contributed by atoms with van der Waals surface area (Å²) in [5.74, 6) is -2.85. The molecule has 2 atom stereocenters. The number of nitriles is 1. The van der Waals surface area contributed by atoms with Crippen molar-refractivity contribution in [1.29, 1.82) is 5.26 Å². The number of nitrogens with two attached hydrogens (primary N) is 1. The van der Waals surface area contributed by atoms with Gasteiger partial charge in [-0.15, -0.1) is 0 Å². The van der Waals surface area contributed by atoms with E-state index in [4.69, 9.17) is 24.5 Å². The Bertz CT molecular complexity index is 1260. The van der Waals surface area contributed by atoms with E-state index in [1.807, 2.05) is 27.7 Å². The summed E-state index contributed by atoms with van der Waals surface area (Å²) in [7, 11) is 0.0799. The van der Waals surface area contributed by atoms with Gasteiger partial charge in [0, 0.05) is 24.0 Å². The van der Waals surface area contributed by atoms with Gasteiger partial charge in [-0.25, -0.2) is 9.18 Å².